The predicted molar refractivity (Wildman–Crippen MR) is 118 cm³/mol. The Morgan fingerprint density at radius 3 is 1.59 bits per heavy atom. The minimum Gasteiger partial charge on any atom is -0.274 e. The Morgan fingerprint density at radius 1 is 0.655 bits per heavy atom. The summed E-state index contributed by atoms with van der Waals surface area (Å²) in [5.41, 5.74) is 5.36. The van der Waals surface area contributed by atoms with E-state index in [1.807, 2.05) is 0 Å². The molecule has 3 nitrogen and oxygen atoms in total. The molecule has 0 spiro atoms. The van der Waals surface area contributed by atoms with E-state index in [0.29, 0.717) is 0 Å². The van der Waals surface area contributed by atoms with E-state index in [9.17, 15) is 0 Å². The lowest BCUT2D eigenvalue weighted by molar-refractivity contribution is 0.155. The van der Waals surface area contributed by atoms with Crippen molar-refractivity contribution >= 4 is 15.9 Å². The summed E-state index contributed by atoms with van der Waals surface area (Å²) in [6, 6.07) is 32.3. The Kier molecular flexibility index (Phi) is 4.74. The number of hydrogen-bond donors (Lipinski definition) is 0. The maximum atomic E-state index is 4.71. The van der Waals surface area contributed by atoms with Gasteiger partial charge in [0.1, 0.15) is 4.60 Å². The van der Waals surface area contributed by atoms with Gasteiger partial charge in [0, 0.05) is 13.1 Å². The largest absolute Gasteiger partial charge is 0.274 e. The van der Waals surface area contributed by atoms with Crippen LogP contribution in [-0.2, 0) is 18.6 Å². The topological polar surface area (TPSA) is 29.0 Å². The van der Waals surface area contributed by atoms with Gasteiger partial charge in [-0.1, -0.05) is 91.0 Å². The zero-order valence-electron chi connectivity index (χ0n) is 15.9. The first-order valence-electron chi connectivity index (χ1n) is 9.70. The summed E-state index contributed by atoms with van der Waals surface area (Å²) in [7, 11) is 0. The molecule has 5 rings (SSSR count). The third kappa shape index (κ3) is 3.09. The van der Waals surface area contributed by atoms with Gasteiger partial charge < -0.3 is 0 Å². The van der Waals surface area contributed by atoms with Gasteiger partial charge in [-0.15, -0.1) is 0 Å². The van der Waals surface area contributed by atoms with Gasteiger partial charge in [-0.2, -0.15) is 0 Å². The monoisotopic (exact) mass is 441 g/mol. The summed E-state index contributed by atoms with van der Waals surface area (Å²) in [6.07, 6.45) is 1.79. The van der Waals surface area contributed by atoms with E-state index in [2.05, 4.69) is 117 Å². The van der Waals surface area contributed by atoms with Crippen LogP contribution in [0.4, 0.5) is 0 Å². The summed E-state index contributed by atoms with van der Waals surface area (Å²) < 4.78 is 0.780. The number of benzene rings is 3. The average Bonchev–Trinajstić information content (AvgIpc) is 3.20. The van der Waals surface area contributed by atoms with E-state index in [4.69, 9.17) is 4.98 Å². The van der Waals surface area contributed by atoms with Crippen LogP contribution in [0.2, 0.25) is 0 Å². The molecule has 0 amide bonds. The minimum absolute atomic E-state index is 0.432. The molecule has 0 atom stereocenters. The lowest BCUT2D eigenvalue weighted by Gasteiger charge is -2.43. The van der Waals surface area contributed by atoms with Gasteiger partial charge in [0.15, 0.2) is 0 Å². The number of aromatic nitrogens is 2. The van der Waals surface area contributed by atoms with E-state index in [1.165, 1.54) is 16.7 Å². The Hall–Kier alpha value is -2.82. The molecule has 4 heteroatoms. The molecule has 0 radical (unpaired) electrons. The van der Waals surface area contributed by atoms with Crippen LogP contribution < -0.4 is 0 Å². The number of fused-ring (bicyclic) bond motifs is 1. The third-order valence-electron chi connectivity index (χ3n) is 5.63. The quantitative estimate of drug-likeness (QED) is 0.389. The maximum Gasteiger partial charge on any atom is 0.124 e. The third-order valence-corrected chi connectivity index (χ3v) is 6.01. The lowest BCUT2D eigenvalue weighted by Crippen LogP contribution is -2.45. The first-order chi connectivity index (χ1) is 14.3. The Morgan fingerprint density at radius 2 is 1.10 bits per heavy atom. The van der Waals surface area contributed by atoms with Crippen LogP contribution >= 0.6 is 15.9 Å². The van der Waals surface area contributed by atoms with Gasteiger partial charge in [0.25, 0.3) is 0 Å². The minimum atomic E-state index is -0.432. The normalized spacial score (nSPS) is 14.0. The second-order valence-corrected chi connectivity index (χ2v) is 8.06. The number of halogens is 1. The average molecular weight is 442 g/mol. The molecule has 29 heavy (non-hydrogen) atoms. The molecule has 0 saturated carbocycles. The molecule has 142 valence electrons. The van der Waals surface area contributed by atoms with Gasteiger partial charge in [-0.3, -0.25) is 9.88 Å². The Bertz CT molecular complexity index is 1020. The van der Waals surface area contributed by atoms with Crippen LogP contribution in [-0.4, -0.2) is 14.9 Å². The molecule has 4 aromatic rings. The molecule has 0 N–H and O–H groups in total. The highest BCUT2D eigenvalue weighted by atomic mass is 79.9. The second-order valence-electron chi connectivity index (χ2n) is 7.25. The molecule has 1 aliphatic heterocycles. The zero-order valence-corrected chi connectivity index (χ0v) is 17.5. The predicted octanol–water partition coefficient (Wildman–Crippen LogP) is 5.55. The van der Waals surface area contributed by atoms with Crippen molar-refractivity contribution in [1.29, 1.82) is 0 Å². The van der Waals surface area contributed by atoms with Crippen LogP contribution in [0.25, 0.3) is 0 Å². The van der Waals surface area contributed by atoms with Gasteiger partial charge in [0.2, 0.25) is 0 Å². The lowest BCUT2D eigenvalue weighted by atomic mass is 9.75. The van der Waals surface area contributed by atoms with Crippen LogP contribution in [0.5, 0.6) is 0 Å². The highest BCUT2D eigenvalue weighted by Crippen LogP contribution is 2.45. The maximum absolute atomic E-state index is 4.71. The molecule has 1 aromatic heterocycles. The first-order valence-corrected chi connectivity index (χ1v) is 10.5. The molecule has 3 aromatic carbocycles. The van der Waals surface area contributed by atoms with Crippen LogP contribution in [0.15, 0.2) is 102 Å². The van der Waals surface area contributed by atoms with E-state index >= 15 is 0 Å². The van der Waals surface area contributed by atoms with Gasteiger partial charge in [-0.05, 0) is 32.6 Å². The Balaban J connectivity index is 1.78. The Labute approximate surface area is 179 Å². The second kappa shape index (κ2) is 7.54. The molecule has 0 fully saturated rings. The zero-order chi connectivity index (χ0) is 19.7. The fourth-order valence-corrected chi connectivity index (χ4v) is 4.74. The standard InChI is InChI=1S/C25H20BrN3/c26-24-16-27-22-17-29(18-23(22)28-24)25(19-10-4-1-5-11-19,20-12-6-2-7-13-20)21-14-8-3-9-15-21/h1-16H,17-18H2. The molecule has 2 heterocycles. The highest BCUT2D eigenvalue weighted by Gasteiger charge is 2.45. The van der Waals surface area contributed by atoms with Crippen molar-refractivity contribution in [2.24, 2.45) is 0 Å². The molecular weight excluding hydrogens is 422 g/mol. The summed E-state index contributed by atoms with van der Waals surface area (Å²) in [6.45, 7) is 1.48. The summed E-state index contributed by atoms with van der Waals surface area (Å²) in [5, 5.41) is 0. The van der Waals surface area contributed by atoms with E-state index in [0.717, 1.165) is 29.1 Å². The van der Waals surface area contributed by atoms with E-state index in [-0.39, 0.29) is 0 Å². The number of nitrogens with zero attached hydrogens (tertiary/aromatic N) is 3. The van der Waals surface area contributed by atoms with Gasteiger partial charge in [0.05, 0.1) is 23.1 Å². The molecular formula is C25H20BrN3. The van der Waals surface area contributed by atoms with E-state index in [1.54, 1.807) is 6.20 Å². The molecule has 1 aliphatic rings. The molecule has 0 aliphatic carbocycles. The van der Waals surface area contributed by atoms with Crippen LogP contribution in [0.3, 0.4) is 0 Å². The summed E-state index contributed by atoms with van der Waals surface area (Å²) in [5.74, 6) is 0. The fourth-order valence-electron chi connectivity index (χ4n) is 4.43. The molecule has 0 unspecified atom stereocenters. The van der Waals surface area contributed by atoms with Crippen molar-refractivity contribution in [3.63, 3.8) is 0 Å². The molecule has 0 bridgehead atoms. The van der Waals surface area contributed by atoms with Crippen LogP contribution in [0, 0.1) is 0 Å². The van der Waals surface area contributed by atoms with Crippen molar-refractivity contribution in [3.05, 3.63) is 130 Å². The van der Waals surface area contributed by atoms with Crippen molar-refractivity contribution in [2.75, 3.05) is 0 Å². The fraction of sp³-hybridized carbons (Fsp3) is 0.120. The number of rotatable bonds is 4. The number of hydrogen-bond acceptors (Lipinski definition) is 3. The first kappa shape index (κ1) is 18.2. The smallest absolute Gasteiger partial charge is 0.124 e. The summed E-state index contributed by atoms with van der Waals surface area (Å²) in [4.78, 5) is 11.9. The van der Waals surface area contributed by atoms with Crippen molar-refractivity contribution in [2.45, 2.75) is 18.6 Å². The molecule has 0 saturated heterocycles. The van der Waals surface area contributed by atoms with Crippen molar-refractivity contribution < 1.29 is 0 Å². The summed E-state index contributed by atoms with van der Waals surface area (Å²) >= 11 is 3.48. The highest BCUT2D eigenvalue weighted by molar-refractivity contribution is 9.10. The SMILES string of the molecule is Brc1cnc2c(n1)CN(C(c1ccccc1)(c1ccccc1)c1ccccc1)C2. The van der Waals surface area contributed by atoms with Crippen molar-refractivity contribution in [3.8, 4) is 0 Å². The van der Waals surface area contributed by atoms with E-state index < -0.39 is 5.54 Å². The van der Waals surface area contributed by atoms with Gasteiger partial charge in [-0.25, -0.2) is 4.98 Å². The van der Waals surface area contributed by atoms with Crippen molar-refractivity contribution in [1.82, 2.24) is 14.9 Å². The van der Waals surface area contributed by atoms with Crippen LogP contribution in [0.1, 0.15) is 28.1 Å². The van der Waals surface area contributed by atoms with Gasteiger partial charge >= 0.3 is 0 Å².